The van der Waals surface area contributed by atoms with E-state index in [-0.39, 0.29) is 18.9 Å². The van der Waals surface area contributed by atoms with Crippen LogP contribution in [-0.2, 0) is 25.7 Å². The minimum atomic E-state index is -0.922. The van der Waals surface area contributed by atoms with Gasteiger partial charge in [0.25, 0.3) is 5.91 Å². The van der Waals surface area contributed by atoms with Gasteiger partial charge in [0.15, 0.2) is 6.61 Å². The van der Waals surface area contributed by atoms with Gasteiger partial charge in [0.2, 0.25) is 0 Å². The Morgan fingerprint density at radius 1 is 1.11 bits per heavy atom. The van der Waals surface area contributed by atoms with E-state index in [4.69, 9.17) is 9.47 Å². The van der Waals surface area contributed by atoms with Crippen molar-refractivity contribution in [3.05, 3.63) is 59.1 Å². The number of ether oxygens (including phenoxy) is 2. The smallest absolute Gasteiger partial charge is 0.332 e. The molecule has 0 aliphatic heterocycles. The highest BCUT2D eigenvalue weighted by Gasteiger charge is 2.11. The monoisotopic (exact) mass is 392 g/mol. The molecule has 1 aromatic heterocycles. The molecule has 0 saturated carbocycles. The molecule has 0 saturated heterocycles. The van der Waals surface area contributed by atoms with Crippen LogP contribution in [0.25, 0.3) is 10.2 Å². The van der Waals surface area contributed by atoms with Crippen molar-refractivity contribution in [1.82, 2.24) is 4.98 Å². The van der Waals surface area contributed by atoms with Gasteiger partial charge in [0.05, 0.1) is 22.5 Å². The first-order valence-electron chi connectivity index (χ1n) is 7.84. The van der Waals surface area contributed by atoms with E-state index in [2.05, 4.69) is 10.3 Å². The Hall–Kier alpha value is -2.91. The summed E-state index contributed by atoms with van der Waals surface area (Å²) >= 11 is 1.46. The second kappa shape index (κ2) is 8.65. The summed E-state index contributed by atoms with van der Waals surface area (Å²) < 4.78 is 37.2. The number of nitrogens with one attached hydrogen (secondary N) is 1. The number of nitrogens with zero attached hydrogens (tertiary/aromatic N) is 1. The lowest BCUT2D eigenvalue weighted by molar-refractivity contribution is -0.152. The van der Waals surface area contributed by atoms with E-state index in [9.17, 15) is 18.4 Å². The number of hydrogen-bond acceptors (Lipinski definition) is 6. The molecule has 0 radical (unpaired) electrons. The summed E-state index contributed by atoms with van der Waals surface area (Å²) in [5, 5.41) is 2.90. The molecule has 0 spiro atoms. The zero-order chi connectivity index (χ0) is 19.2. The van der Waals surface area contributed by atoms with E-state index < -0.39 is 30.1 Å². The number of aromatic nitrogens is 1. The number of carbonyl (C=O) groups excluding carboxylic acids is 2. The molecule has 3 rings (SSSR count). The average molecular weight is 392 g/mol. The molecule has 2 aromatic carbocycles. The average Bonchev–Trinajstić information content (AvgIpc) is 3.05. The Balaban J connectivity index is 1.39. The van der Waals surface area contributed by atoms with Crippen LogP contribution in [-0.4, -0.2) is 30.1 Å². The van der Waals surface area contributed by atoms with E-state index >= 15 is 0 Å². The van der Waals surface area contributed by atoms with Crippen molar-refractivity contribution in [3.8, 4) is 0 Å². The van der Waals surface area contributed by atoms with E-state index in [1.807, 2.05) is 24.3 Å². The van der Waals surface area contributed by atoms with Gasteiger partial charge in [-0.3, -0.25) is 4.79 Å². The summed E-state index contributed by atoms with van der Waals surface area (Å²) in [5.41, 5.74) is 0.651. The Kier molecular flexibility index (Phi) is 6.05. The summed E-state index contributed by atoms with van der Waals surface area (Å²) in [5.74, 6) is -3.18. The van der Waals surface area contributed by atoms with Crippen LogP contribution in [0.5, 0.6) is 0 Å². The maximum Gasteiger partial charge on any atom is 0.332 e. The van der Waals surface area contributed by atoms with Crippen LogP contribution in [0, 0.1) is 11.6 Å². The third-order valence-electron chi connectivity index (χ3n) is 3.35. The largest absolute Gasteiger partial charge is 0.454 e. The van der Waals surface area contributed by atoms with Crippen molar-refractivity contribution in [2.75, 3.05) is 18.5 Å². The van der Waals surface area contributed by atoms with E-state index in [0.717, 1.165) is 22.3 Å². The number of benzene rings is 2. The van der Waals surface area contributed by atoms with Gasteiger partial charge in [-0.15, -0.1) is 11.3 Å². The lowest BCUT2D eigenvalue weighted by atomic mass is 10.3. The molecular formula is C18H14F2N2O4S. The van der Waals surface area contributed by atoms with Crippen molar-refractivity contribution in [2.45, 2.75) is 6.61 Å². The van der Waals surface area contributed by atoms with Gasteiger partial charge in [0, 0.05) is 6.07 Å². The first kappa shape index (κ1) is 18.9. The Morgan fingerprint density at radius 2 is 1.93 bits per heavy atom. The second-order valence-corrected chi connectivity index (χ2v) is 6.52. The molecule has 140 valence electrons. The lowest BCUT2D eigenvalue weighted by Crippen LogP contribution is -2.23. The maximum absolute atomic E-state index is 13.4. The maximum atomic E-state index is 13.4. The van der Waals surface area contributed by atoms with Crippen LogP contribution in [0.4, 0.5) is 14.5 Å². The highest BCUT2D eigenvalue weighted by atomic mass is 32.1. The number of amides is 1. The van der Waals surface area contributed by atoms with Crippen molar-refractivity contribution >= 4 is 39.1 Å². The predicted octanol–water partition coefficient (Wildman–Crippen LogP) is 3.27. The third-order valence-corrected chi connectivity index (χ3v) is 4.36. The molecule has 3 aromatic rings. The fourth-order valence-corrected chi connectivity index (χ4v) is 3.07. The summed E-state index contributed by atoms with van der Waals surface area (Å²) in [6.45, 7) is -0.824. The number of hydrogen-bond donors (Lipinski definition) is 1. The molecule has 1 N–H and O–H groups in total. The molecular weight excluding hydrogens is 378 g/mol. The fourth-order valence-electron chi connectivity index (χ4n) is 2.17. The number of fused-ring (bicyclic) bond motifs is 1. The quantitative estimate of drug-likeness (QED) is 0.625. The Labute approximate surface area is 156 Å². The molecule has 0 aliphatic rings. The number of thiazole rings is 1. The Bertz CT molecular complexity index is 944. The van der Waals surface area contributed by atoms with Gasteiger partial charge in [-0.25, -0.2) is 18.6 Å². The molecule has 9 heteroatoms. The minimum Gasteiger partial charge on any atom is -0.454 e. The second-order valence-electron chi connectivity index (χ2n) is 5.40. The SMILES string of the molecule is O=C(COC(=O)COCc1nc2ccccc2s1)Nc1ccc(F)cc1F. The number of halogens is 2. The summed E-state index contributed by atoms with van der Waals surface area (Å²) in [6, 6.07) is 10.3. The molecule has 0 fully saturated rings. The summed E-state index contributed by atoms with van der Waals surface area (Å²) in [4.78, 5) is 27.6. The topological polar surface area (TPSA) is 77.5 Å². The molecule has 0 atom stereocenters. The third kappa shape index (κ3) is 5.28. The minimum absolute atomic E-state index is 0.140. The van der Waals surface area contributed by atoms with Crippen LogP contribution >= 0.6 is 11.3 Å². The molecule has 1 amide bonds. The predicted molar refractivity (Wildman–Crippen MR) is 95.2 cm³/mol. The number of rotatable bonds is 7. The summed E-state index contributed by atoms with van der Waals surface area (Å²) in [6.07, 6.45) is 0. The molecule has 1 heterocycles. The molecule has 0 aliphatic carbocycles. The van der Waals surface area contributed by atoms with Crippen LogP contribution < -0.4 is 5.32 Å². The van der Waals surface area contributed by atoms with Gasteiger partial charge in [0.1, 0.15) is 23.2 Å². The van der Waals surface area contributed by atoms with Gasteiger partial charge in [-0.1, -0.05) is 12.1 Å². The fraction of sp³-hybridized carbons (Fsp3) is 0.167. The van der Waals surface area contributed by atoms with Crippen LogP contribution in [0.2, 0.25) is 0 Å². The lowest BCUT2D eigenvalue weighted by Gasteiger charge is -2.07. The number of esters is 1. The van der Waals surface area contributed by atoms with Gasteiger partial charge in [-0.2, -0.15) is 0 Å². The zero-order valence-corrected chi connectivity index (χ0v) is 14.7. The summed E-state index contributed by atoms with van der Waals surface area (Å²) in [7, 11) is 0. The molecule has 6 nitrogen and oxygen atoms in total. The van der Waals surface area contributed by atoms with Crippen LogP contribution in [0.15, 0.2) is 42.5 Å². The van der Waals surface area contributed by atoms with Gasteiger partial charge >= 0.3 is 5.97 Å². The van der Waals surface area contributed by atoms with Crippen molar-refractivity contribution in [3.63, 3.8) is 0 Å². The first-order chi connectivity index (χ1) is 13.0. The number of anilines is 1. The van der Waals surface area contributed by atoms with Crippen molar-refractivity contribution in [2.24, 2.45) is 0 Å². The normalized spacial score (nSPS) is 10.7. The van der Waals surface area contributed by atoms with E-state index in [1.54, 1.807) is 0 Å². The van der Waals surface area contributed by atoms with Gasteiger partial charge < -0.3 is 14.8 Å². The molecule has 0 bridgehead atoms. The molecule has 27 heavy (non-hydrogen) atoms. The van der Waals surface area contributed by atoms with Gasteiger partial charge in [-0.05, 0) is 24.3 Å². The highest BCUT2D eigenvalue weighted by molar-refractivity contribution is 7.18. The molecule has 0 unspecified atom stereocenters. The zero-order valence-electron chi connectivity index (χ0n) is 13.9. The standard InChI is InChI=1S/C18H14F2N2O4S/c19-11-5-6-13(12(20)7-11)21-16(23)8-26-18(24)10-25-9-17-22-14-3-1-2-4-15(14)27-17/h1-7H,8-10H2,(H,21,23). The Morgan fingerprint density at radius 3 is 2.70 bits per heavy atom. The van der Waals surface area contributed by atoms with Crippen LogP contribution in [0.3, 0.4) is 0 Å². The van der Waals surface area contributed by atoms with Crippen LogP contribution in [0.1, 0.15) is 5.01 Å². The van der Waals surface area contributed by atoms with Crippen molar-refractivity contribution in [1.29, 1.82) is 0 Å². The van der Waals surface area contributed by atoms with E-state index in [0.29, 0.717) is 11.1 Å². The first-order valence-corrected chi connectivity index (χ1v) is 8.65. The number of para-hydroxylation sites is 1. The number of carbonyl (C=O) groups is 2. The van der Waals surface area contributed by atoms with Crippen molar-refractivity contribution < 1.29 is 27.8 Å². The van der Waals surface area contributed by atoms with E-state index in [1.165, 1.54) is 11.3 Å². The highest BCUT2D eigenvalue weighted by Crippen LogP contribution is 2.21.